The van der Waals surface area contributed by atoms with Gasteiger partial charge in [0.15, 0.2) is 0 Å². The van der Waals surface area contributed by atoms with Crippen LogP contribution >= 0.6 is 0 Å². The topological polar surface area (TPSA) is 50.1 Å². The van der Waals surface area contributed by atoms with Crippen LogP contribution in [0.3, 0.4) is 0 Å². The first-order valence-corrected chi connectivity index (χ1v) is 5.78. The summed E-state index contributed by atoms with van der Waals surface area (Å²) in [6.45, 7) is 0. The summed E-state index contributed by atoms with van der Waals surface area (Å²) >= 11 is 0. The highest BCUT2D eigenvalue weighted by atomic mass is 19.4. The van der Waals surface area contributed by atoms with Crippen molar-refractivity contribution in [3.8, 4) is 22.9 Å². The zero-order valence-corrected chi connectivity index (χ0v) is 10.5. The second kappa shape index (κ2) is 5.67. The van der Waals surface area contributed by atoms with Gasteiger partial charge in [0.25, 0.3) is 0 Å². The van der Waals surface area contributed by atoms with Gasteiger partial charge in [0.2, 0.25) is 0 Å². The second-order valence-electron chi connectivity index (χ2n) is 4.11. The summed E-state index contributed by atoms with van der Waals surface area (Å²) in [6, 6.07) is 11.9. The first-order valence-electron chi connectivity index (χ1n) is 5.78. The average molecular weight is 291 g/mol. The number of carbonyl (C=O) groups excluding carboxylic acids is 1. The van der Waals surface area contributed by atoms with Gasteiger partial charge in [-0.25, -0.2) is 0 Å². The van der Waals surface area contributed by atoms with E-state index in [1.807, 2.05) is 0 Å². The van der Waals surface area contributed by atoms with E-state index in [1.54, 1.807) is 24.3 Å². The number of hydrogen-bond donors (Lipinski definition) is 0. The van der Waals surface area contributed by atoms with E-state index >= 15 is 0 Å². The van der Waals surface area contributed by atoms with E-state index in [-0.39, 0.29) is 5.56 Å². The number of alkyl halides is 3. The standard InChI is InChI=1S/C15H8F3NO2/c16-15(17,18)21-14-7-12(4-5-13(14)8-19)11-3-1-2-10(6-11)9-20/h1-7,9H. The maximum Gasteiger partial charge on any atom is 0.573 e. The van der Waals surface area contributed by atoms with Crippen molar-refractivity contribution >= 4 is 6.29 Å². The molecule has 0 fully saturated rings. The summed E-state index contributed by atoms with van der Waals surface area (Å²) in [5, 5.41) is 8.82. The molecule has 0 aliphatic rings. The Balaban J connectivity index is 2.48. The fourth-order valence-electron chi connectivity index (χ4n) is 1.79. The number of halogens is 3. The molecule has 6 heteroatoms. The van der Waals surface area contributed by atoms with Crippen molar-refractivity contribution in [2.45, 2.75) is 6.36 Å². The van der Waals surface area contributed by atoms with Crippen molar-refractivity contribution in [1.82, 2.24) is 0 Å². The summed E-state index contributed by atoms with van der Waals surface area (Å²) in [5.74, 6) is -0.570. The summed E-state index contributed by atoms with van der Waals surface area (Å²) in [4.78, 5) is 10.7. The maximum absolute atomic E-state index is 12.3. The number of aldehydes is 1. The largest absolute Gasteiger partial charge is 0.573 e. The number of nitrogens with zero attached hydrogens (tertiary/aromatic N) is 1. The molecule has 2 rings (SSSR count). The van der Waals surface area contributed by atoms with Gasteiger partial charge < -0.3 is 4.74 Å². The lowest BCUT2D eigenvalue weighted by molar-refractivity contribution is -0.274. The second-order valence-corrected chi connectivity index (χ2v) is 4.11. The monoisotopic (exact) mass is 291 g/mol. The minimum atomic E-state index is -4.88. The Hall–Kier alpha value is -2.81. The predicted octanol–water partition coefficient (Wildman–Crippen LogP) is 3.94. The van der Waals surface area contributed by atoms with Crippen molar-refractivity contribution in [3.05, 3.63) is 53.6 Å². The van der Waals surface area contributed by atoms with E-state index in [0.717, 1.165) is 6.07 Å². The summed E-state index contributed by atoms with van der Waals surface area (Å²) < 4.78 is 40.8. The molecule has 2 aromatic carbocycles. The highest BCUT2D eigenvalue weighted by molar-refractivity contribution is 5.79. The van der Waals surface area contributed by atoms with E-state index < -0.39 is 12.1 Å². The minimum Gasteiger partial charge on any atom is -0.404 e. The molecule has 0 N–H and O–H groups in total. The molecule has 106 valence electrons. The molecular formula is C15H8F3NO2. The van der Waals surface area contributed by atoms with Crippen LogP contribution in [0.2, 0.25) is 0 Å². The number of carbonyl (C=O) groups is 1. The molecule has 0 aromatic heterocycles. The van der Waals surface area contributed by atoms with Gasteiger partial charge in [0.1, 0.15) is 18.1 Å². The smallest absolute Gasteiger partial charge is 0.404 e. The van der Waals surface area contributed by atoms with Gasteiger partial charge in [0.05, 0.1) is 5.56 Å². The van der Waals surface area contributed by atoms with Crippen molar-refractivity contribution < 1.29 is 22.7 Å². The predicted molar refractivity (Wildman–Crippen MR) is 68.7 cm³/mol. The van der Waals surface area contributed by atoms with Crippen LogP contribution in [0.15, 0.2) is 42.5 Å². The van der Waals surface area contributed by atoms with Crippen LogP contribution in [0.1, 0.15) is 15.9 Å². The summed E-state index contributed by atoms with van der Waals surface area (Å²) in [6.07, 6.45) is -4.24. The molecule has 0 spiro atoms. The Labute approximate surface area is 118 Å². The van der Waals surface area contributed by atoms with Gasteiger partial charge in [-0.15, -0.1) is 13.2 Å². The Kier molecular flexibility index (Phi) is 3.94. The van der Waals surface area contributed by atoms with Gasteiger partial charge in [-0.1, -0.05) is 24.3 Å². The van der Waals surface area contributed by atoms with E-state index in [4.69, 9.17) is 5.26 Å². The molecule has 0 saturated heterocycles. The summed E-state index contributed by atoms with van der Waals surface area (Å²) in [5.41, 5.74) is 1.14. The van der Waals surface area contributed by atoms with Gasteiger partial charge >= 0.3 is 6.36 Å². The van der Waals surface area contributed by atoms with Crippen molar-refractivity contribution in [2.24, 2.45) is 0 Å². The molecule has 21 heavy (non-hydrogen) atoms. The first kappa shape index (κ1) is 14.6. The van der Waals surface area contributed by atoms with Gasteiger partial charge in [-0.05, 0) is 29.3 Å². The lowest BCUT2D eigenvalue weighted by atomic mass is 10.0. The lowest BCUT2D eigenvalue weighted by Gasteiger charge is -2.12. The zero-order valence-electron chi connectivity index (χ0n) is 10.5. The minimum absolute atomic E-state index is 0.220. The lowest BCUT2D eigenvalue weighted by Crippen LogP contribution is -2.17. The molecule has 3 nitrogen and oxygen atoms in total. The molecule has 0 heterocycles. The van der Waals surface area contributed by atoms with E-state index in [9.17, 15) is 18.0 Å². The number of ether oxygens (including phenoxy) is 1. The third-order valence-corrected chi connectivity index (χ3v) is 2.68. The van der Waals surface area contributed by atoms with E-state index in [0.29, 0.717) is 23.0 Å². The molecule has 0 saturated carbocycles. The number of benzene rings is 2. The molecule has 0 radical (unpaired) electrons. The quantitative estimate of drug-likeness (QED) is 0.805. The zero-order chi connectivity index (χ0) is 15.5. The fraction of sp³-hybridized carbons (Fsp3) is 0.0667. The third-order valence-electron chi connectivity index (χ3n) is 2.68. The Morgan fingerprint density at radius 3 is 2.43 bits per heavy atom. The van der Waals surface area contributed by atoms with E-state index in [1.165, 1.54) is 18.2 Å². The Morgan fingerprint density at radius 2 is 1.81 bits per heavy atom. The first-order chi connectivity index (χ1) is 9.93. The highest BCUT2D eigenvalue weighted by Gasteiger charge is 2.32. The SMILES string of the molecule is N#Cc1ccc(-c2cccc(C=O)c2)cc1OC(F)(F)F. The van der Waals surface area contributed by atoms with Crippen LogP contribution < -0.4 is 4.74 Å². The van der Waals surface area contributed by atoms with Gasteiger partial charge in [-0.3, -0.25) is 4.79 Å². The molecule has 0 amide bonds. The van der Waals surface area contributed by atoms with Crippen molar-refractivity contribution in [2.75, 3.05) is 0 Å². The molecule has 0 unspecified atom stereocenters. The molecular weight excluding hydrogens is 283 g/mol. The molecule has 2 aromatic rings. The molecule has 0 bridgehead atoms. The summed E-state index contributed by atoms with van der Waals surface area (Å²) in [7, 11) is 0. The van der Waals surface area contributed by atoms with Crippen LogP contribution in [0.4, 0.5) is 13.2 Å². The molecule has 0 aliphatic carbocycles. The number of nitriles is 1. The molecule has 0 atom stereocenters. The van der Waals surface area contributed by atoms with Gasteiger partial charge in [0, 0.05) is 5.56 Å². The van der Waals surface area contributed by atoms with Crippen molar-refractivity contribution in [1.29, 1.82) is 5.26 Å². The van der Waals surface area contributed by atoms with Crippen LogP contribution in [-0.4, -0.2) is 12.6 Å². The van der Waals surface area contributed by atoms with E-state index in [2.05, 4.69) is 4.74 Å². The Bertz CT molecular complexity index is 718. The fourth-order valence-corrected chi connectivity index (χ4v) is 1.79. The maximum atomic E-state index is 12.3. The third kappa shape index (κ3) is 3.60. The van der Waals surface area contributed by atoms with Crippen LogP contribution in [0, 0.1) is 11.3 Å². The van der Waals surface area contributed by atoms with Crippen LogP contribution in [0.5, 0.6) is 5.75 Å². The Morgan fingerprint density at radius 1 is 1.10 bits per heavy atom. The van der Waals surface area contributed by atoms with Crippen molar-refractivity contribution in [3.63, 3.8) is 0 Å². The highest BCUT2D eigenvalue weighted by Crippen LogP contribution is 2.31. The number of rotatable bonds is 3. The number of hydrogen-bond acceptors (Lipinski definition) is 3. The van der Waals surface area contributed by atoms with Crippen LogP contribution in [-0.2, 0) is 0 Å². The van der Waals surface area contributed by atoms with Crippen LogP contribution in [0.25, 0.3) is 11.1 Å². The molecule has 0 aliphatic heterocycles. The van der Waals surface area contributed by atoms with Gasteiger partial charge in [-0.2, -0.15) is 5.26 Å². The normalized spacial score (nSPS) is 10.8. The average Bonchev–Trinajstić information content (AvgIpc) is 2.45.